The van der Waals surface area contributed by atoms with Crippen molar-refractivity contribution in [3.63, 3.8) is 0 Å². The van der Waals surface area contributed by atoms with E-state index in [0.717, 1.165) is 31.8 Å². The molecule has 1 aliphatic rings. The lowest BCUT2D eigenvalue weighted by molar-refractivity contribution is 0.0255. The van der Waals surface area contributed by atoms with Gasteiger partial charge in [-0.2, -0.15) is 0 Å². The Morgan fingerprint density at radius 1 is 1.23 bits per heavy atom. The minimum absolute atomic E-state index is 0.316. The van der Waals surface area contributed by atoms with Crippen LogP contribution >= 0.6 is 0 Å². The van der Waals surface area contributed by atoms with Crippen LogP contribution in [0.25, 0.3) is 0 Å². The average Bonchev–Trinajstić information content (AvgIpc) is 2.21. The van der Waals surface area contributed by atoms with E-state index < -0.39 is 0 Å². The highest BCUT2D eigenvalue weighted by Crippen LogP contribution is 2.16. The molecule has 0 N–H and O–H groups in total. The summed E-state index contributed by atoms with van der Waals surface area (Å²) in [4.78, 5) is 3.93. The second-order valence-corrected chi connectivity index (χ2v) is 3.11. The predicted molar refractivity (Wildman–Crippen MR) is 48.7 cm³/mol. The Balaban J connectivity index is 1.90. The summed E-state index contributed by atoms with van der Waals surface area (Å²) in [6.07, 6.45) is 5.78. The van der Waals surface area contributed by atoms with Crippen LogP contribution in [0.15, 0.2) is 24.5 Å². The van der Waals surface area contributed by atoms with Crippen LogP contribution in [-0.4, -0.2) is 24.3 Å². The lowest BCUT2D eigenvalue weighted by Gasteiger charge is -2.23. The first-order chi connectivity index (χ1) is 6.45. The summed E-state index contributed by atoms with van der Waals surface area (Å²) in [6.45, 7) is 1.63. The van der Waals surface area contributed by atoms with Crippen molar-refractivity contribution >= 4 is 0 Å². The van der Waals surface area contributed by atoms with E-state index in [1.165, 1.54) is 0 Å². The second-order valence-electron chi connectivity index (χ2n) is 3.11. The molecular weight excluding hydrogens is 166 g/mol. The summed E-state index contributed by atoms with van der Waals surface area (Å²) in [5.41, 5.74) is 0. The van der Waals surface area contributed by atoms with Gasteiger partial charge in [0, 0.05) is 25.2 Å². The van der Waals surface area contributed by atoms with Gasteiger partial charge in [-0.1, -0.05) is 0 Å². The van der Waals surface area contributed by atoms with Crippen LogP contribution in [0.4, 0.5) is 0 Å². The zero-order chi connectivity index (χ0) is 8.93. The molecule has 2 rings (SSSR count). The van der Waals surface area contributed by atoms with Crippen LogP contribution in [0, 0.1) is 0 Å². The number of nitrogens with zero attached hydrogens (tertiary/aromatic N) is 1. The maximum Gasteiger partial charge on any atom is 0.122 e. The second kappa shape index (κ2) is 4.23. The highest BCUT2D eigenvalue weighted by Gasteiger charge is 2.14. The van der Waals surface area contributed by atoms with E-state index >= 15 is 0 Å². The standard InChI is InChI=1S/C10H13NO2/c1-5-11-6-2-9(1)13-10-3-7-12-8-4-10/h1-2,5-6,10H,3-4,7-8H2. The van der Waals surface area contributed by atoms with Crippen LogP contribution in [-0.2, 0) is 4.74 Å². The van der Waals surface area contributed by atoms with E-state index in [1.807, 2.05) is 12.1 Å². The number of ether oxygens (including phenoxy) is 2. The summed E-state index contributed by atoms with van der Waals surface area (Å²) in [5.74, 6) is 0.905. The molecule has 2 heterocycles. The average molecular weight is 179 g/mol. The third-order valence-corrected chi connectivity index (χ3v) is 2.12. The first-order valence-electron chi connectivity index (χ1n) is 4.59. The molecule has 1 aliphatic heterocycles. The lowest BCUT2D eigenvalue weighted by atomic mass is 10.1. The summed E-state index contributed by atoms with van der Waals surface area (Å²) in [5, 5.41) is 0. The number of hydrogen-bond donors (Lipinski definition) is 0. The molecular formula is C10H13NO2. The number of rotatable bonds is 2. The molecule has 0 amide bonds. The third kappa shape index (κ3) is 2.42. The van der Waals surface area contributed by atoms with Crippen molar-refractivity contribution in [2.45, 2.75) is 18.9 Å². The van der Waals surface area contributed by atoms with Gasteiger partial charge in [0.2, 0.25) is 0 Å². The fourth-order valence-electron chi connectivity index (χ4n) is 1.40. The first kappa shape index (κ1) is 8.51. The van der Waals surface area contributed by atoms with Gasteiger partial charge in [-0.15, -0.1) is 0 Å². The minimum Gasteiger partial charge on any atom is -0.490 e. The molecule has 0 unspecified atom stereocenters. The molecule has 1 saturated heterocycles. The Kier molecular flexibility index (Phi) is 2.77. The van der Waals surface area contributed by atoms with Crippen molar-refractivity contribution in [2.24, 2.45) is 0 Å². The van der Waals surface area contributed by atoms with E-state index in [4.69, 9.17) is 9.47 Å². The maximum absolute atomic E-state index is 5.74. The summed E-state index contributed by atoms with van der Waals surface area (Å²) in [7, 11) is 0. The van der Waals surface area contributed by atoms with Gasteiger partial charge in [0.05, 0.1) is 13.2 Å². The van der Waals surface area contributed by atoms with Crippen LogP contribution < -0.4 is 4.74 Å². The molecule has 0 bridgehead atoms. The van der Waals surface area contributed by atoms with Crippen molar-refractivity contribution in [1.82, 2.24) is 4.98 Å². The van der Waals surface area contributed by atoms with Crippen molar-refractivity contribution in [3.05, 3.63) is 24.5 Å². The van der Waals surface area contributed by atoms with Gasteiger partial charge in [0.15, 0.2) is 0 Å². The van der Waals surface area contributed by atoms with Gasteiger partial charge in [0.25, 0.3) is 0 Å². The quantitative estimate of drug-likeness (QED) is 0.691. The molecule has 1 aromatic rings. The fourth-order valence-corrected chi connectivity index (χ4v) is 1.40. The van der Waals surface area contributed by atoms with Crippen molar-refractivity contribution in [1.29, 1.82) is 0 Å². The zero-order valence-electron chi connectivity index (χ0n) is 7.48. The Labute approximate surface area is 77.7 Å². The first-order valence-corrected chi connectivity index (χ1v) is 4.59. The lowest BCUT2D eigenvalue weighted by Crippen LogP contribution is -2.25. The van der Waals surface area contributed by atoms with Gasteiger partial charge in [-0.3, -0.25) is 4.98 Å². The fraction of sp³-hybridized carbons (Fsp3) is 0.500. The summed E-state index contributed by atoms with van der Waals surface area (Å²) < 4.78 is 11.0. The number of pyridine rings is 1. The van der Waals surface area contributed by atoms with Crippen LogP contribution in [0.1, 0.15) is 12.8 Å². The largest absolute Gasteiger partial charge is 0.490 e. The number of hydrogen-bond acceptors (Lipinski definition) is 3. The van der Waals surface area contributed by atoms with Gasteiger partial charge in [-0.25, -0.2) is 0 Å². The smallest absolute Gasteiger partial charge is 0.122 e. The molecule has 13 heavy (non-hydrogen) atoms. The Morgan fingerprint density at radius 2 is 1.92 bits per heavy atom. The van der Waals surface area contributed by atoms with Crippen LogP contribution in [0.5, 0.6) is 5.75 Å². The van der Waals surface area contributed by atoms with Crippen molar-refractivity contribution < 1.29 is 9.47 Å². The predicted octanol–water partition coefficient (Wildman–Crippen LogP) is 1.64. The van der Waals surface area contributed by atoms with Crippen molar-refractivity contribution in [2.75, 3.05) is 13.2 Å². The third-order valence-electron chi connectivity index (χ3n) is 2.12. The molecule has 0 radical (unpaired) electrons. The zero-order valence-corrected chi connectivity index (χ0v) is 7.48. The van der Waals surface area contributed by atoms with Gasteiger partial charge in [-0.05, 0) is 12.1 Å². The SMILES string of the molecule is c1cc(OC2CCOCC2)ccn1. The normalized spacial score (nSPS) is 18.5. The monoisotopic (exact) mass is 179 g/mol. The van der Waals surface area contributed by atoms with E-state index in [-0.39, 0.29) is 0 Å². The van der Waals surface area contributed by atoms with Crippen LogP contribution in [0.2, 0.25) is 0 Å². The van der Waals surface area contributed by atoms with E-state index in [1.54, 1.807) is 12.4 Å². The van der Waals surface area contributed by atoms with Crippen molar-refractivity contribution in [3.8, 4) is 5.75 Å². The van der Waals surface area contributed by atoms with E-state index in [0.29, 0.717) is 6.10 Å². The highest BCUT2D eigenvalue weighted by atomic mass is 16.5. The minimum atomic E-state index is 0.316. The molecule has 1 aromatic heterocycles. The summed E-state index contributed by atoms with van der Waals surface area (Å²) >= 11 is 0. The Morgan fingerprint density at radius 3 is 2.62 bits per heavy atom. The van der Waals surface area contributed by atoms with Gasteiger partial charge < -0.3 is 9.47 Å². The molecule has 0 aliphatic carbocycles. The number of aromatic nitrogens is 1. The molecule has 0 saturated carbocycles. The Bertz CT molecular complexity index is 244. The van der Waals surface area contributed by atoms with Gasteiger partial charge in [0.1, 0.15) is 11.9 Å². The van der Waals surface area contributed by atoms with E-state index in [9.17, 15) is 0 Å². The summed E-state index contributed by atoms with van der Waals surface area (Å²) in [6, 6.07) is 3.77. The molecule has 3 nitrogen and oxygen atoms in total. The topological polar surface area (TPSA) is 31.4 Å². The molecule has 70 valence electrons. The van der Waals surface area contributed by atoms with Gasteiger partial charge >= 0.3 is 0 Å². The highest BCUT2D eigenvalue weighted by molar-refractivity contribution is 5.17. The molecule has 1 fully saturated rings. The maximum atomic E-state index is 5.74. The molecule has 0 spiro atoms. The van der Waals surface area contributed by atoms with Crippen LogP contribution in [0.3, 0.4) is 0 Å². The molecule has 3 heteroatoms. The molecule has 0 atom stereocenters. The van der Waals surface area contributed by atoms with E-state index in [2.05, 4.69) is 4.98 Å². The molecule has 0 aromatic carbocycles. The Hall–Kier alpha value is -1.09.